The Bertz CT molecular complexity index is 1820. The van der Waals surface area contributed by atoms with Gasteiger partial charge in [-0.2, -0.15) is 13.2 Å². The van der Waals surface area contributed by atoms with Gasteiger partial charge in [0.2, 0.25) is 16.9 Å². The molecule has 4 aromatic rings. The first-order chi connectivity index (χ1) is 22.4. The SMILES string of the molecule is COc1cc(C(=O)Oc2ccc3c(=O)c(Oc4ccc(Cl)c(C)c4)c(C(F)(F)F)oc3c2CN2CCCCCC2)cc(OC)c1OC. The van der Waals surface area contributed by atoms with E-state index in [0.29, 0.717) is 23.7 Å². The number of carbonyl (C=O) groups is 1. The molecule has 0 radical (unpaired) electrons. The second kappa shape index (κ2) is 14.1. The van der Waals surface area contributed by atoms with Gasteiger partial charge in [-0.15, -0.1) is 0 Å². The summed E-state index contributed by atoms with van der Waals surface area (Å²) in [5.74, 6) is -2.92. The number of hydrogen-bond donors (Lipinski definition) is 0. The average molecular weight is 676 g/mol. The number of carbonyl (C=O) groups excluding carboxylic acids is 1. The van der Waals surface area contributed by atoms with Crippen LogP contribution in [0.2, 0.25) is 5.02 Å². The maximum absolute atomic E-state index is 14.5. The van der Waals surface area contributed by atoms with Crippen molar-refractivity contribution in [1.29, 1.82) is 0 Å². The Balaban J connectivity index is 1.66. The summed E-state index contributed by atoms with van der Waals surface area (Å²) >= 11 is 6.06. The Morgan fingerprint density at radius 3 is 2.13 bits per heavy atom. The summed E-state index contributed by atoms with van der Waals surface area (Å²) in [7, 11) is 4.20. The average Bonchev–Trinajstić information content (AvgIpc) is 3.32. The largest absolute Gasteiger partial charge is 0.493 e. The first-order valence-electron chi connectivity index (χ1n) is 14.8. The molecule has 1 fully saturated rings. The van der Waals surface area contributed by atoms with E-state index in [1.54, 1.807) is 6.92 Å². The first kappa shape index (κ1) is 33.9. The van der Waals surface area contributed by atoms with Gasteiger partial charge in [-0.1, -0.05) is 24.4 Å². The fourth-order valence-electron chi connectivity index (χ4n) is 5.48. The number of ether oxygens (including phenoxy) is 5. The molecule has 0 unspecified atom stereocenters. The fraction of sp³-hybridized carbons (Fsp3) is 0.353. The second-order valence-corrected chi connectivity index (χ2v) is 11.4. The summed E-state index contributed by atoms with van der Waals surface area (Å²) in [5, 5.41) is 0.210. The number of fused-ring (bicyclic) bond motifs is 1. The lowest BCUT2D eigenvalue weighted by Gasteiger charge is -2.23. The Morgan fingerprint density at radius 1 is 0.894 bits per heavy atom. The van der Waals surface area contributed by atoms with Crippen LogP contribution in [0.1, 0.15) is 52.9 Å². The zero-order chi connectivity index (χ0) is 33.9. The lowest BCUT2D eigenvalue weighted by atomic mass is 10.1. The summed E-state index contributed by atoms with van der Waals surface area (Å²) in [5.41, 5.74) is -0.713. The Labute approximate surface area is 273 Å². The van der Waals surface area contributed by atoms with E-state index >= 15 is 0 Å². The van der Waals surface area contributed by atoms with Gasteiger partial charge in [-0.3, -0.25) is 9.69 Å². The summed E-state index contributed by atoms with van der Waals surface area (Å²) in [4.78, 5) is 29.3. The standard InChI is InChI=1S/C34H33ClF3NO8/c1-19-15-21(9-11-24(19)35)45-31-28(40)22-10-12-25(46-33(41)20-16-26(42-2)30(44-4)27(17-20)43-3)23(18-39-13-7-5-6-8-14-39)29(22)47-32(31)34(36,37)38/h9-12,15-17H,5-8,13-14,18H2,1-4H3. The molecule has 1 aromatic heterocycles. The molecule has 0 saturated carbocycles. The van der Waals surface area contributed by atoms with E-state index in [4.69, 9.17) is 39.7 Å². The third-order valence-corrected chi connectivity index (χ3v) is 8.29. The molecule has 0 N–H and O–H groups in total. The minimum Gasteiger partial charge on any atom is -0.493 e. The van der Waals surface area contributed by atoms with Crippen LogP contribution in [-0.4, -0.2) is 45.3 Å². The zero-order valence-electron chi connectivity index (χ0n) is 26.2. The van der Waals surface area contributed by atoms with Crippen LogP contribution in [0.15, 0.2) is 51.7 Å². The van der Waals surface area contributed by atoms with Gasteiger partial charge in [0.1, 0.15) is 17.1 Å². The van der Waals surface area contributed by atoms with Crippen LogP contribution < -0.4 is 29.1 Å². The predicted octanol–water partition coefficient (Wildman–Crippen LogP) is 8.19. The topological polar surface area (TPSA) is 96.7 Å². The Kier molecular flexibility index (Phi) is 10.2. The van der Waals surface area contributed by atoms with E-state index in [-0.39, 0.29) is 57.4 Å². The van der Waals surface area contributed by atoms with Gasteiger partial charge < -0.3 is 28.1 Å². The molecule has 2 heterocycles. The van der Waals surface area contributed by atoms with Crippen molar-refractivity contribution in [2.24, 2.45) is 0 Å². The van der Waals surface area contributed by atoms with Gasteiger partial charge in [0, 0.05) is 11.6 Å². The summed E-state index contributed by atoms with van der Waals surface area (Å²) in [6.07, 6.45) is -1.34. The number of hydrogen-bond acceptors (Lipinski definition) is 9. The molecule has 1 saturated heterocycles. The summed E-state index contributed by atoms with van der Waals surface area (Å²) < 4.78 is 76.4. The normalized spacial score (nSPS) is 14.0. The van der Waals surface area contributed by atoms with Crippen LogP contribution >= 0.6 is 11.6 Å². The number of halogens is 4. The van der Waals surface area contributed by atoms with E-state index < -0.39 is 29.1 Å². The van der Waals surface area contributed by atoms with Crippen molar-refractivity contribution in [1.82, 2.24) is 4.90 Å². The molecule has 0 amide bonds. The highest BCUT2D eigenvalue weighted by molar-refractivity contribution is 6.31. The van der Waals surface area contributed by atoms with E-state index in [1.807, 2.05) is 4.90 Å². The van der Waals surface area contributed by atoms with E-state index in [1.165, 1.54) is 63.8 Å². The molecule has 0 spiro atoms. The van der Waals surface area contributed by atoms with Crippen LogP contribution in [0, 0.1) is 6.92 Å². The van der Waals surface area contributed by atoms with Crippen LogP contribution in [-0.2, 0) is 12.7 Å². The molecule has 0 bridgehead atoms. The van der Waals surface area contributed by atoms with Crippen molar-refractivity contribution in [2.45, 2.75) is 45.3 Å². The predicted molar refractivity (Wildman–Crippen MR) is 169 cm³/mol. The molecule has 13 heteroatoms. The van der Waals surface area contributed by atoms with Gasteiger partial charge >= 0.3 is 12.1 Å². The number of alkyl halides is 3. The first-order valence-corrected chi connectivity index (χ1v) is 15.2. The van der Waals surface area contributed by atoms with Crippen molar-refractivity contribution >= 4 is 28.5 Å². The number of nitrogens with zero attached hydrogens (tertiary/aromatic N) is 1. The highest BCUT2D eigenvalue weighted by atomic mass is 35.5. The second-order valence-electron chi connectivity index (χ2n) is 11.0. The number of esters is 1. The van der Waals surface area contributed by atoms with Crippen molar-refractivity contribution < 1.29 is 46.1 Å². The molecule has 1 aliphatic heterocycles. The van der Waals surface area contributed by atoms with Crippen LogP contribution in [0.25, 0.3) is 11.0 Å². The smallest absolute Gasteiger partial charge is 0.453 e. The molecular formula is C34H33ClF3NO8. The van der Waals surface area contributed by atoms with E-state index in [0.717, 1.165) is 25.7 Å². The highest BCUT2D eigenvalue weighted by Gasteiger charge is 2.41. The fourth-order valence-corrected chi connectivity index (χ4v) is 5.60. The number of rotatable bonds is 9. The molecule has 0 aliphatic carbocycles. The van der Waals surface area contributed by atoms with Gasteiger partial charge in [-0.25, -0.2) is 4.79 Å². The van der Waals surface area contributed by atoms with Crippen LogP contribution in [0.3, 0.4) is 0 Å². The minimum atomic E-state index is -5.10. The zero-order valence-corrected chi connectivity index (χ0v) is 27.0. The minimum absolute atomic E-state index is 0.0234. The molecule has 47 heavy (non-hydrogen) atoms. The van der Waals surface area contributed by atoms with Gasteiger partial charge in [0.25, 0.3) is 5.76 Å². The third-order valence-electron chi connectivity index (χ3n) is 7.87. The molecule has 0 atom stereocenters. The van der Waals surface area contributed by atoms with Crippen LogP contribution in [0.4, 0.5) is 13.2 Å². The number of likely N-dealkylation sites (tertiary alicyclic amines) is 1. The quantitative estimate of drug-likeness (QED) is 0.129. The molecular weight excluding hydrogens is 643 g/mol. The maximum atomic E-state index is 14.5. The van der Waals surface area contributed by atoms with Crippen molar-refractivity contribution in [3.63, 3.8) is 0 Å². The maximum Gasteiger partial charge on any atom is 0.453 e. The summed E-state index contributed by atoms with van der Waals surface area (Å²) in [6.45, 7) is 3.03. The van der Waals surface area contributed by atoms with Gasteiger partial charge in [0.05, 0.1) is 37.8 Å². The van der Waals surface area contributed by atoms with Gasteiger partial charge in [-0.05, 0) is 80.9 Å². The van der Waals surface area contributed by atoms with Crippen molar-refractivity contribution in [2.75, 3.05) is 34.4 Å². The van der Waals surface area contributed by atoms with E-state index in [9.17, 15) is 22.8 Å². The lowest BCUT2D eigenvalue weighted by molar-refractivity contribution is -0.154. The highest BCUT2D eigenvalue weighted by Crippen LogP contribution is 2.42. The molecule has 1 aliphatic rings. The number of benzene rings is 3. The molecule has 5 rings (SSSR count). The number of methoxy groups -OCH3 is 3. The van der Waals surface area contributed by atoms with E-state index in [2.05, 4.69) is 0 Å². The summed E-state index contributed by atoms with van der Waals surface area (Å²) in [6, 6.07) is 9.64. The molecule has 250 valence electrons. The molecule has 9 nitrogen and oxygen atoms in total. The molecule has 3 aromatic carbocycles. The van der Waals surface area contributed by atoms with Crippen LogP contribution in [0.5, 0.6) is 34.5 Å². The number of aryl methyl sites for hydroxylation is 1. The monoisotopic (exact) mass is 675 g/mol. The van der Waals surface area contributed by atoms with Crippen molar-refractivity contribution in [3.05, 3.63) is 80.2 Å². The van der Waals surface area contributed by atoms with Crippen molar-refractivity contribution in [3.8, 4) is 34.5 Å². The van der Waals surface area contributed by atoms with Gasteiger partial charge in [0.15, 0.2) is 11.5 Å². The lowest BCUT2D eigenvalue weighted by Crippen LogP contribution is -2.25. The Morgan fingerprint density at radius 2 is 1.55 bits per heavy atom. The third kappa shape index (κ3) is 7.28. The Hall–Kier alpha value is -4.42.